The quantitative estimate of drug-likeness (QED) is 0.123. The summed E-state index contributed by atoms with van der Waals surface area (Å²) < 4.78 is 27.4. The topological polar surface area (TPSA) is 52.1 Å². The summed E-state index contributed by atoms with van der Waals surface area (Å²) in [6.45, 7) is 6.99. The molecule has 4 heterocycles. The number of halogens is 1. The van der Waals surface area contributed by atoms with E-state index in [4.69, 9.17) is 8.83 Å². The van der Waals surface area contributed by atoms with Crippen molar-refractivity contribution in [1.82, 2.24) is 9.97 Å². The summed E-state index contributed by atoms with van der Waals surface area (Å²) in [5.74, 6) is 2.25. The molecule has 1 radical (unpaired) electrons. The van der Waals surface area contributed by atoms with E-state index in [1.165, 1.54) is 48.9 Å². The number of fused-ring (bicyclic) bond motifs is 9. The fourth-order valence-electron chi connectivity index (χ4n) is 9.46. The molecule has 3 aliphatic carbocycles. The molecule has 0 N–H and O–H groups in total. The maximum atomic E-state index is 15.1. The van der Waals surface area contributed by atoms with Crippen molar-refractivity contribution in [3.05, 3.63) is 151 Å². The predicted molar refractivity (Wildman–Crippen MR) is 237 cm³/mol. The van der Waals surface area contributed by atoms with E-state index >= 15 is 4.39 Å². The third-order valence-electron chi connectivity index (χ3n) is 12.6. The monoisotopic (exact) mass is 969 g/mol. The van der Waals surface area contributed by atoms with Crippen LogP contribution in [0.2, 0.25) is 19.6 Å². The number of hydrogen-bond acceptors (Lipinski definition) is 4. The predicted octanol–water partition coefficient (Wildman–Crippen LogP) is 13.6. The molecule has 4 nitrogen and oxygen atoms in total. The molecule has 1 unspecified atom stereocenters. The molecule has 0 saturated heterocycles. The number of para-hydroxylation sites is 1. The molecule has 4 aromatic heterocycles. The van der Waals surface area contributed by atoms with E-state index in [9.17, 15) is 0 Å². The molecular formula is C52H45FIrN2O2Si-2. The standard InChI is InChI=1S/C32H27FNO.C20H18NOSi.Ir/c33-28-12-11-26(29-18-21(14-15-34-29)17-25-16-20-6-8-23(25)9-7-20)32-31(28)27-19-24(10-13-30(27)35-32)22-4-2-1-3-5-22;1-23(2,3)14-11-12-18(21-13-14)17-9-6-8-16-15-7-4-5-10-19(15)22-20(16)17;/h1-5,10,12-15,18-20,23,25H,6-9,16-17H2;4-8,10-13H,1-3H3;/q2*-1;. The van der Waals surface area contributed by atoms with Crippen molar-refractivity contribution in [1.29, 1.82) is 0 Å². The molecule has 0 spiro atoms. The summed E-state index contributed by atoms with van der Waals surface area (Å²) >= 11 is 0. The number of hydrogen-bond donors (Lipinski definition) is 0. The third kappa shape index (κ3) is 7.61. The van der Waals surface area contributed by atoms with Crippen molar-refractivity contribution < 1.29 is 33.3 Å². The van der Waals surface area contributed by atoms with Crippen LogP contribution in [0.3, 0.4) is 0 Å². The fraction of sp³-hybridized carbons (Fsp3) is 0.231. The summed E-state index contributed by atoms with van der Waals surface area (Å²) in [7, 11) is -1.33. The molecule has 3 aliphatic rings. The summed E-state index contributed by atoms with van der Waals surface area (Å²) in [5, 5.41) is 4.90. The van der Waals surface area contributed by atoms with Gasteiger partial charge in [-0.15, -0.1) is 30.3 Å². The van der Waals surface area contributed by atoms with Gasteiger partial charge in [0, 0.05) is 49.1 Å². The Morgan fingerprint density at radius 2 is 1.46 bits per heavy atom. The van der Waals surface area contributed by atoms with E-state index in [-0.39, 0.29) is 25.9 Å². The van der Waals surface area contributed by atoms with Crippen molar-refractivity contribution in [3.63, 3.8) is 0 Å². The van der Waals surface area contributed by atoms with E-state index < -0.39 is 8.07 Å². The zero-order chi connectivity index (χ0) is 39.4. The molecule has 297 valence electrons. The van der Waals surface area contributed by atoms with Crippen LogP contribution in [-0.2, 0) is 26.5 Å². The zero-order valence-electron chi connectivity index (χ0n) is 33.5. The van der Waals surface area contributed by atoms with Crippen LogP contribution in [0.15, 0.2) is 136 Å². The first-order chi connectivity index (χ1) is 28.3. The Morgan fingerprint density at radius 1 is 0.695 bits per heavy atom. The van der Waals surface area contributed by atoms with E-state index in [1.54, 1.807) is 0 Å². The van der Waals surface area contributed by atoms with Gasteiger partial charge in [0.2, 0.25) is 0 Å². The second kappa shape index (κ2) is 16.1. The van der Waals surface area contributed by atoms with E-state index in [0.29, 0.717) is 16.6 Å². The van der Waals surface area contributed by atoms with Gasteiger partial charge < -0.3 is 18.8 Å². The maximum absolute atomic E-state index is 15.1. The Kier molecular flexibility index (Phi) is 10.7. The summed E-state index contributed by atoms with van der Waals surface area (Å²) in [5.41, 5.74) is 9.78. The van der Waals surface area contributed by atoms with Crippen LogP contribution in [0.4, 0.5) is 4.39 Å². The van der Waals surface area contributed by atoms with Crippen LogP contribution in [-0.4, -0.2) is 18.0 Å². The van der Waals surface area contributed by atoms with Crippen molar-refractivity contribution in [2.75, 3.05) is 0 Å². The largest absolute Gasteiger partial charge is 0.501 e. The van der Waals surface area contributed by atoms with Crippen molar-refractivity contribution in [3.8, 4) is 33.6 Å². The number of nitrogens with zero attached hydrogens (tertiary/aromatic N) is 2. The Bertz CT molecular complexity index is 2930. The SMILES string of the molecule is C[Si](C)(C)c1ccc(-c2[c-]ccc3c2oc2ccccc23)nc1.Fc1c[c-]c(-c2cc(CC3CC4CCC3CC4)ccn2)c2oc3ccc(-c4ccccc4)cc3c12.[Ir]. The van der Waals surface area contributed by atoms with Crippen LogP contribution >= 0.6 is 0 Å². The van der Waals surface area contributed by atoms with Gasteiger partial charge >= 0.3 is 0 Å². The van der Waals surface area contributed by atoms with Crippen LogP contribution in [0, 0.1) is 35.7 Å². The first-order valence-corrected chi connectivity index (χ1v) is 24.1. The van der Waals surface area contributed by atoms with Gasteiger partial charge in [0.25, 0.3) is 0 Å². The van der Waals surface area contributed by atoms with Gasteiger partial charge in [0.05, 0.1) is 19.2 Å². The van der Waals surface area contributed by atoms with Gasteiger partial charge in [-0.2, -0.15) is 0 Å². The summed E-state index contributed by atoms with van der Waals surface area (Å²) in [6.07, 6.45) is 12.0. The van der Waals surface area contributed by atoms with Gasteiger partial charge in [-0.1, -0.05) is 127 Å². The normalized spacial score (nSPS) is 17.6. The Labute approximate surface area is 359 Å². The molecular weight excluding hydrogens is 924 g/mol. The van der Waals surface area contributed by atoms with Gasteiger partial charge in [-0.3, -0.25) is 4.39 Å². The second-order valence-corrected chi connectivity index (χ2v) is 22.4. The average molecular weight is 969 g/mol. The van der Waals surface area contributed by atoms with E-state index in [0.717, 1.165) is 85.1 Å². The minimum absolute atomic E-state index is 0. The van der Waals surface area contributed by atoms with Crippen LogP contribution in [0.5, 0.6) is 0 Å². The molecule has 12 rings (SSSR count). The first kappa shape index (κ1) is 39.3. The van der Waals surface area contributed by atoms with Gasteiger partial charge in [-0.25, -0.2) is 0 Å². The summed E-state index contributed by atoms with van der Waals surface area (Å²) in [4.78, 5) is 9.33. The number of rotatable bonds is 6. The van der Waals surface area contributed by atoms with Crippen LogP contribution in [0.25, 0.3) is 77.5 Å². The molecule has 0 aliphatic heterocycles. The second-order valence-electron chi connectivity index (χ2n) is 17.3. The zero-order valence-corrected chi connectivity index (χ0v) is 36.9. The Hall–Kier alpha value is -5.20. The van der Waals surface area contributed by atoms with Crippen molar-refractivity contribution >= 4 is 57.1 Å². The molecule has 59 heavy (non-hydrogen) atoms. The van der Waals surface area contributed by atoms with Gasteiger partial charge in [-0.05, 0) is 101 Å². The number of pyridine rings is 2. The molecule has 9 aromatic rings. The van der Waals surface area contributed by atoms with Crippen molar-refractivity contribution in [2.24, 2.45) is 17.8 Å². The summed E-state index contributed by atoms with van der Waals surface area (Å²) in [6, 6.07) is 44.7. The first-order valence-electron chi connectivity index (χ1n) is 20.6. The van der Waals surface area contributed by atoms with E-state index in [2.05, 4.69) is 90.3 Å². The molecule has 3 fully saturated rings. The Morgan fingerprint density at radius 3 is 2.22 bits per heavy atom. The molecule has 2 bridgehead atoms. The van der Waals surface area contributed by atoms with Crippen molar-refractivity contribution in [2.45, 2.75) is 58.2 Å². The Balaban J connectivity index is 0.000000163. The molecule has 3 saturated carbocycles. The minimum atomic E-state index is -1.33. The molecule has 0 amide bonds. The van der Waals surface area contributed by atoms with Crippen LogP contribution in [0.1, 0.15) is 37.7 Å². The van der Waals surface area contributed by atoms with E-state index in [1.807, 2.05) is 73.1 Å². The van der Waals surface area contributed by atoms with Crippen LogP contribution < -0.4 is 5.19 Å². The maximum Gasteiger partial charge on any atom is 0.121 e. The number of aromatic nitrogens is 2. The van der Waals surface area contributed by atoms with Gasteiger partial charge in [0.15, 0.2) is 0 Å². The number of benzene rings is 5. The van der Waals surface area contributed by atoms with Gasteiger partial charge in [0.1, 0.15) is 11.2 Å². The smallest absolute Gasteiger partial charge is 0.121 e. The molecule has 1 atom stereocenters. The number of furan rings is 2. The minimum Gasteiger partial charge on any atom is -0.501 e. The third-order valence-corrected chi connectivity index (χ3v) is 14.6. The molecule has 7 heteroatoms. The average Bonchev–Trinajstić information content (AvgIpc) is 3.84. The molecule has 5 aromatic carbocycles. The fourth-order valence-corrected chi connectivity index (χ4v) is 10.5.